The summed E-state index contributed by atoms with van der Waals surface area (Å²) in [6.07, 6.45) is 0. The lowest BCUT2D eigenvalue weighted by molar-refractivity contribution is 0.194. The molecule has 2 heterocycles. The Labute approximate surface area is 164 Å². The summed E-state index contributed by atoms with van der Waals surface area (Å²) in [5.41, 5.74) is 0.803. The summed E-state index contributed by atoms with van der Waals surface area (Å²) in [6, 6.07) is 7.62. The molecule has 1 aromatic heterocycles. The Balaban J connectivity index is 0.00000156. The number of ether oxygens (including phenoxy) is 2. The van der Waals surface area contributed by atoms with E-state index in [1.165, 1.54) is 4.88 Å². The van der Waals surface area contributed by atoms with E-state index in [1.807, 2.05) is 12.1 Å². The third-order valence-electron chi connectivity index (χ3n) is 4.15. The first-order valence-electron chi connectivity index (χ1n) is 7.67. The largest absolute Gasteiger partial charge is 0.507 e. The van der Waals surface area contributed by atoms with Crippen LogP contribution in [0.25, 0.3) is 0 Å². The van der Waals surface area contributed by atoms with Crippen LogP contribution in [0.15, 0.2) is 29.6 Å². The molecule has 2 N–H and O–H groups in total. The molecular formula is C17H24Cl2N2O3S. The predicted octanol–water partition coefficient (Wildman–Crippen LogP) is 3.31. The smallest absolute Gasteiger partial charge is 0.131 e. The van der Waals surface area contributed by atoms with Crippen molar-refractivity contribution in [1.82, 2.24) is 10.2 Å². The van der Waals surface area contributed by atoms with E-state index in [1.54, 1.807) is 31.6 Å². The number of aromatic hydroxyl groups is 1. The van der Waals surface area contributed by atoms with Crippen LogP contribution in [0, 0.1) is 0 Å². The van der Waals surface area contributed by atoms with Crippen molar-refractivity contribution in [1.29, 1.82) is 0 Å². The van der Waals surface area contributed by atoms with Crippen molar-refractivity contribution >= 4 is 36.2 Å². The van der Waals surface area contributed by atoms with Crippen LogP contribution < -0.4 is 14.8 Å². The highest BCUT2D eigenvalue weighted by molar-refractivity contribution is 7.10. The Hall–Kier alpha value is -1.18. The number of phenolic OH excluding ortho intramolecular Hbond substituents is 1. The van der Waals surface area contributed by atoms with Gasteiger partial charge in [0.05, 0.1) is 25.8 Å². The van der Waals surface area contributed by atoms with Crippen molar-refractivity contribution < 1.29 is 14.6 Å². The van der Waals surface area contributed by atoms with Crippen LogP contribution in [0.3, 0.4) is 0 Å². The Kier molecular flexibility index (Phi) is 8.82. The van der Waals surface area contributed by atoms with Gasteiger partial charge >= 0.3 is 0 Å². The zero-order valence-corrected chi connectivity index (χ0v) is 16.7. The first-order valence-corrected chi connectivity index (χ1v) is 8.55. The molecule has 1 aliphatic heterocycles. The van der Waals surface area contributed by atoms with E-state index < -0.39 is 0 Å². The van der Waals surface area contributed by atoms with E-state index in [4.69, 9.17) is 9.47 Å². The zero-order chi connectivity index (χ0) is 16.2. The quantitative estimate of drug-likeness (QED) is 0.797. The van der Waals surface area contributed by atoms with Gasteiger partial charge in [0.2, 0.25) is 0 Å². The summed E-state index contributed by atoms with van der Waals surface area (Å²) < 4.78 is 10.8. The molecule has 1 atom stereocenters. The number of phenols is 1. The van der Waals surface area contributed by atoms with Crippen molar-refractivity contribution in [2.24, 2.45) is 0 Å². The predicted molar refractivity (Wildman–Crippen MR) is 106 cm³/mol. The van der Waals surface area contributed by atoms with Crippen molar-refractivity contribution in [3.05, 3.63) is 40.1 Å². The molecule has 3 rings (SSSR count). The van der Waals surface area contributed by atoms with Crippen molar-refractivity contribution in [2.75, 3.05) is 40.4 Å². The topological polar surface area (TPSA) is 54.0 Å². The number of nitrogens with zero attached hydrogens (tertiary/aromatic N) is 1. The van der Waals surface area contributed by atoms with Gasteiger partial charge in [0.1, 0.15) is 17.2 Å². The van der Waals surface area contributed by atoms with Gasteiger partial charge in [-0.3, -0.25) is 4.90 Å². The molecule has 2 aromatic rings. The molecule has 140 valence electrons. The first-order chi connectivity index (χ1) is 11.2. The van der Waals surface area contributed by atoms with Crippen molar-refractivity contribution in [2.45, 2.75) is 6.04 Å². The summed E-state index contributed by atoms with van der Waals surface area (Å²) in [5.74, 6) is 1.45. The molecule has 0 spiro atoms. The molecular weight excluding hydrogens is 383 g/mol. The molecule has 1 saturated heterocycles. The molecule has 0 aliphatic carbocycles. The Bertz CT molecular complexity index is 650. The summed E-state index contributed by atoms with van der Waals surface area (Å²) >= 11 is 1.70. The highest BCUT2D eigenvalue weighted by Crippen LogP contribution is 2.44. The Morgan fingerprint density at radius 2 is 1.88 bits per heavy atom. The number of hydrogen-bond acceptors (Lipinski definition) is 6. The van der Waals surface area contributed by atoms with Crippen LogP contribution in [-0.2, 0) is 0 Å². The standard InChI is InChI=1S/C17H22N2O3S.2ClH/c1-21-12-10-13(20)16(14(11-12)22-2)17(15-4-3-9-23-15)19-7-5-18-6-8-19;;/h3-4,9-11,17-18,20H,5-8H2,1-2H3;2*1H/t17-;;/m1../s1. The summed E-state index contributed by atoms with van der Waals surface area (Å²) in [5, 5.41) is 16.1. The number of nitrogens with one attached hydrogen (secondary N) is 1. The monoisotopic (exact) mass is 406 g/mol. The van der Waals surface area contributed by atoms with Gasteiger partial charge in [-0.1, -0.05) is 6.07 Å². The average Bonchev–Trinajstić information content (AvgIpc) is 3.11. The third kappa shape index (κ3) is 4.71. The zero-order valence-electron chi connectivity index (χ0n) is 14.2. The lowest BCUT2D eigenvalue weighted by Gasteiger charge is -2.35. The van der Waals surface area contributed by atoms with Gasteiger partial charge in [-0.25, -0.2) is 0 Å². The number of rotatable bonds is 5. The van der Waals surface area contributed by atoms with Crippen LogP contribution in [0.4, 0.5) is 0 Å². The molecule has 0 saturated carbocycles. The van der Waals surface area contributed by atoms with Crippen LogP contribution in [-0.4, -0.2) is 50.4 Å². The molecule has 1 aliphatic rings. The van der Waals surface area contributed by atoms with Gasteiger partial charge < -0.3 is 19.9 Å². The molecule has 8 heteroatoms. The average molecular weight is 407 g/mol. The maximum atomic E-state index is 10.6. The SMILES string of the molecule is COc1cc(O)c([C@@H](c2cccs2)N2CCNCC2)c(OC)c1.Cl.Cl. The van der Waals surface area contributed by atoms with E-state index in [9.17, 15) is 5.11 Å². The van der Waals surface area contributed by atoms with E-state index in [0.717, 1.165) is 31.7 Å². The molecule has 25 heavy (non-hydrogen) atoms. The maximum absolute atomic E-state index is 10.6. The molecule has 0 radical (unpaired) electrons. The van der Waals surface area contributed by atoms with Gasteiger partial charge in [-0.15, -0.1) is 36.2 Å². The number of benzene rings is 1. The van der Waals surface area contributed by atoms with E-state index >= 15 is 0 Å². The second-order valence-electron chi connectivity index (χ2n) is 5.47. The Morgan fingerprint density at radius 3 is 2.44 bits per heavy atom. The van der Waals surface area contributed by atoms with E-state index in [2.05, 4.69) is 21.7 Å². The second-order valence-corrected chi connectivity index (χ2v) is 6.45. The van der Waals surface area contributed by atoms with Gasteiger partial charge in [0, 0.05) is 43.2 Å². The van der Waals surface area contributed by atoms with E-state index in [0.29, 0.717) is 11.5 Å². The van der Waals surface area contributed by atoms with Gasteiger partial charge in [0.15, 0.2) is 0 Å². The van der Waals surface area contributed by atoms with Crippen LogP contribution >= 0.6 is 36.2 Å². The van der Waals surface area contributed by atoms with Gasteiger partial charge in [0.25, 0.3) is 0 Å². The second kappa shape index (κ2) is 10.1. The highest BCUT2D eigenvalue weighted by Gasteiger charge is 2.30. The van der Waals surface area contributed by atoms with Gasteiger partial charge in [-0.2, -0.15) is 0 Å². The summed E-state index contributed by atoms with van der Waals surface area (Å²) in [7, 11) is 3.21. The van der Waals surface area contributed by atoms with Gasteiger partial charge in [-0.05, 0) is 11.4 Å². The van der Waals surface area contributed by atoms with Crippen LogP contribution in [0.1, 0.15) is 16.5 Å². The lowest BCUT2D eigenvalue weighted by Crippen LogP contribution is -2.45. The number of thiophene rings is 1. The number of piperazine rings is 1. The summed E-state index contributed by atoms with van der Waals surface area (Å²) in [6.45, 7) is 3.75. The normalized spacial score (nSPS) is 15.6. The number of halogens is 2. The van der Waals surface area contributed by atoms with Crippen molar-refractivity contribution in [3.8, 4) is 17.2 Å². The summed E-state index contributed by atoms with van der Waals surface area (Å²) in [4.78, 5) is 3.58. The molecule has 0 bridgehead atoms. The fraction of sp³-hybridized carbons (Fsp3) is 0.412. The molecule has 0 amide bonds. The minimum absolute atomic E-state index is 0. The fourth-order valence-electron chi connectivity index (χ4n) is 3.04. The molecule has 1 aromatic carbocycles. The van der Waals surface area contributed by atoms with Crippen LogP contribution in [0.5, 0.6) is 17.2 Å². The first kappa shape index (κ1) is 21.9. The lowest BCUT2D eigenvalue weighted by atomic mass is 10.00. The number of hydrogen-bond donors (Lipinski definition) is 2. The maximum Gasteiger partial charge on any atom is 0.131 e. The molecule has 5 nitrogen and oxygen atoms in total. The van der Waals surface area contributed by atoms with Crippen LogP contribution in [0.2, 0.25) is 0 Å². The molecule has 0 unspecified atom stereocenters. The minimum Gasteiger partial charge on any atom is -0.507 e. The number of methoxy groups -OCH3 is 2. The minimum atomic E-state index is -0.0158. The highest BCUT2D eigenvalue weighted by atomic mass is 35.5. The van der Waals surface area contributed by atoms with E-state index in [-0.39, 0.29) is 36.6 Å². The fourth-order valence-corrected chi connectivity index (χ4v) is 3.91. The third-order valence-corrected chi connectivity index (χ3v) is 5.08. The Morgan fingerprint density at radius 1 is 1.16 bits per heavy atom. The molecule has 1 fully saturated rings. The van der Waals surface area contributed by atoms with Crippen molar-refractivity contribution in [3.63, 3.8) is 0 Å².